The van der Waals surface area contributed by atoms with Crippen molar-refractivity contribution in [3.05, 3.63) is 0 Å². The molecule has 1 heterocycles. The van der Waals surface area contributed by atoms with Crippen LogP contribution in [0.1, 0.15) is 6.42 Å². The van der Waals surface area contributed by atoms with Gasteiger partial charge in [-0.3, -0.25) is 0 Å². The summed E-state index contributed by atoms with van der Waals surface area (Å²) in [6.07, 6.45) is -3.78. The Kier molecular flexibility index (Phi) is 2.95. The van der Waals surface area contributed by atoms with Crippen molar-refractivity contribution in [2.24, 2.45) is 11.8 Å². The molecule has 0 saturated carbocycles. The van der Waals surface area contributed by atoms with Crippen LogP contribution in [0, 0.1) is 11.8 Å². The minimum Gasteiger partial charge on any atom is -0.396 e. The highest BCUT2D eigenvalue weighted by Gasteiger charge is 2.45. The van der Waals surface area contributed by atoms with Gasteiger partial charge in [0.2, 0.25) is 0 Å². The van der Waals surface area contributed by atoms with E-state index in [0.29, 0.717) is 13.0 Å². The normalized spacial score (nSPS) is 32.0. The molecule has 5 heteroatoms. The Balaban J connectivity index is 2.59. The highest BCUT2D eigenvalue weighted by atomic mass is 19.4. The molecule has 72 valence electrons. The Morgan fingerprint density at radius 3 is 2.50 bits per heavy atom. The maximum absolute atomic E-state index is 12.2. The highest BCUT2D eigenvalue weighted by molar-refractivity contribution is 4.82. The molecule has 1 aliphatic heterocycles. The zero-order valence-corrected chi connectivity index (χ0v) is 6.56. The lowest BCUT2D eigenvalue weighted by Gasteiger charge is -2.32. The van der Waals surface area contributed by atoms with Crippen molar-refractivity contribution in [3.63, 3.8) is 0 Å². The zero-order chi connectivity index (χ0) is 9.19. The zero-order valence-electron chi connectivity index (χ0n) is 6.56. The van der Waals surface area contributed by atoms with Crippen molar-refractivity contribution in [2.75, 3.05) is 19.7 Å². The monoisotopic (exact) mass is 183 g/mol. The molecule has 1 rings (SSSR count). The molecule has 0 radical (unpaired) electrons. The van der Waals surface area contributed by atoms with Gasteiger partial charge in [0, 0.05) is 13.2 Å². The number of rotatable bonds is 1. The van der Waals surface area contributed by atoms with Crippen LogP contribution < -0.4 is 5.32 Å². The molecule has 1 fully saturated rings. The molecule has 0 aromatic heterocycles. The standard InChI is InChI=1S/C7H12F3NO/c8-7(9,10)6-3-11-2-1-5(6)4-12/h5-6,11-12H,1-4H2/t5-,6-/m1/s1. The van der Waals surface area contributed by atoms with Gasteiger partial charge in [-0.1, -0.05) is 0 Å². The van der Waals surface area contributed by atoms with Gasteiger partial charge in [-0.25, -0.2) is 0 Å². The van der Waals surface area contributed by atoms with Crippen LogP contribution >= 0.6 is 0 Å². The second kappa shape index (κ2) is 3.62. The smallest absolute Gasteiger partial charge is 0.393 e. The summed E-state index contributed by atoms with van der Waals surface area (Å²) in [6.45, 7) is 0.137. The summed E-state index contributed by atoms with van der Waals surface area (Å²) in [7, 11) is 0. The largest absolute Gasteiger partial charge is 0.396 e. The molecule has 0 aromatic carbocycles. The lowest BCUT2D eigenvalue weighted by atomic mass is 9.87. The first-order valence-electron chi connectivity index (χ1n) is 3.94. The van der Waals surface area contributed by atoms with Gasteiger partial charge in [0.05, 0.1) is 5.92 Å². The number of alkyl halides is 3. The van der Waals surface area contributed by atoms with Crippen molar-refractivity contribution in [1.82, 2.24) is 5.32 Å². The third kappa shape index (κ3) is 2.10. The molecule has 12 heavy (non-hydrogen) atoms. The van der Waals surface area contributed by atoms with E-state index < -0.39 is 18.0 Å². The van der Waals surface area contributed by atoms with Crippen molar-refractivity contribution >= 4 is 0 Å². The lowest BCUT2D eigenvalue weighted by Crippen LogP contribution is -2.45. The molecule has 2 N–H and O–H groups in total. The van der Waals surface area contributed by atoms with Gasteiger partial charge in [0.25, 0.3) is 0 Å². The van der Waals surface area contributed by atoms with Crippen LogP contribution in [0.3, 0.4) is 0 Å². The van der Waals surface area contributed by atoms with E-state index in [1.54, 1.807) is 0 Å². The molecule has 0 bridgehead atoms. The Morgan fingerprint density at radius 1 is 1.42 bits per heavy atom. The summed E-state index contributed by atoms with van der Waals surface area (Å²) in [6, 6.07) is 0. The van der Waals surface area contributed by atoms with Crippen LogP contribution in [-0.4, -0.2) is 31.0 Å². The maximum Gasteiger partial charge on any atom is 0.393 e. The SMILES string of the molecule is OC[C@H]1CCNC[C@H]1C(F)(F)F. The molecule has 2 nitrogen and oxygen atoms in total. The predicted octanol–water partition coefficient (Wildman–Crippen LogP) is 0.767. The Labute approximate surface area is 68.8 Å². The molecular weight excluding hydrogens is 171 g/mol. The van der Waals surface area contributed by atoms with Gasteiger partial charge < -0.3 is 10.4 Å². The summed E-state index contributed by atoms with van der Waals surface area (Å²) in [5, 5.41) is 11.4. The Morgan fingerprint density at radius 2 is 2.08 bits per heavy atom. The van der Waals surface area contributed by atoms with Crippen molar-refractivity contribution in [3.8, 4) is 0 Å². The molecule has 0 amide bonds. The van der Waals surface area contributed by atoms with Gasteiger partial charge >= 0.3 is 6.18 Å². The fourth-order valence-corrected chi connectivity index (χ4v) is 1.51. The first-order valence-corrected chi connectivity index (χ1v) is 3.94. The minimum absolute atomic E-state index is 0.0608. The number of aliphatic hydroxyl groups excluding tert-OH is 1. The molecule has 0 aromatic rings. The van der Waals surface area contributed by atoms with E-state index >= 15 is 0 Å². The summed E-state index contributed by atoms with van der Waals surface area (Å²) in [5.41, 5.74) is 0. The van der Waals surface area contributed by atoms with Gasteiger partial charge in [0.15, 0.2) is 0 Å². The van der Waals surface area contributed by atoms with E-state index in [1.807, 2.05) is 0 Å². The van der Waals surface area contributed by atoms with E-state index in [4.69, 9.17) is 5.11 Å². The minimum atomic E-state index is -4.18. The Bertz CT molecular complexity index is 148. The summed E-state index contributed by atoms with van der Waals surface area (Å²) < 4.78 is 36.7. The van der Waals surface area contributed by atoms with Crippen LogP contribution in [0.5, 0.6) is 0 Å². The molecular formula is C7H12F3NO. The van der Waals surface area contributed by atoms with Crippen LogP contribution in [0.15, 0.2) is 0 Å². The number of piperidine rings is 1. The fraction of sp³-hybridized carbons (Fsp3) is 1.00. The van der Waals surface area contributed by atoms with Crippen LogP contribution in [0.2, 0.25) is 0 Å². The molecule has 2 atom stereocenters. The second-order valence-electron chi connectivity index (χ2n) is 3.08. The maximum atomic E-state index is 12.2. The van der Waals surface area contributed by atoms with Crippen LogP contribution in [-0.2, 0) is 0 Å². The molecule has 1 aliphatic rings. The third-order valence-corrected chi connectivity index (χ3v) is 2.28. The molecule has 0 unspecified atom stereocenters. The number of halogens is 3. The first kappa shape index (κ1) is 9.80. The summed E-state index contributed by atoms with van der Waals surface area (Å²) in [4.78, 5) is 0. The van der Waals surface area contributed by atoms with Crippen molar-refractivity contribution in [2.45, 2.75) is 12.6 Å². The average Bonchev–Trinajstić information content (AvgIpc) is 2.03. The van der Waals surface area contributed by atoms with Gasteiger partial charge in [-0.05, 0) is 18.9 Å². The Hall–Kier alpha value is -0.290. The summed E-state index contributed by atoms with van der Waals surface area (Å²) >= 11 is 0. The molecule has 0 spiro atoms. The van der Waals surface area contributed by atoms with Gasteiger partial charge in [0.1, 0.15) is 0 Å². The number of hydrogen-bond donors (Lipinski definition) is 2. The van der Waals surface area contributed by atoms with Crippen molar-refractivity contribution in [1.29, 1.82) is 0 Å². The van der Waals surface area contributed by atoms with Crippen LogP contribution in [0.25, 0.3) is 0 Å². The molecule has 1 saturated heterocycles. The van der Waals surface area contributed by atoms with E-state index in [1.165, 1.54) is 0 Å². The topological polar surface area (TPSA) is 32.3 Å². The van der Waals surface area contributed by atoms with E-state index in [9.17, 15) is 13.2 Å². The molecule has 0 aliphatic carbocycles. The quantitative estimate of drug-likeness (QED) is 0.629. The van der Waals surface area contributed by atoms with Crippen molar-refractivity contribution < 1.29 is 18.3 Å². The van der Waals surface area contributed by atoms with E-state index in [0.717, 1.165) is 0 Å². The van der Waals surface area contributed by atoms with Crippen LogP contribution in [0.4, 0.5) is 13.2 Å². The second-order valence-corrected chi connectivity index (χ2v) is 3.08. The fourth-order valence-electron chi connectivity index (χ4n) is 1.51. The average molecular weight is 183 g/mol. The van der Waals surface area contributed by atoms with E-state index in [2.05, 4.69) is 5.32 Å². The highest BCUT2D eigenvalue weighted by Crippen LogP contribution is 2.34. The van der Waals surface area contributed by atoms with Gasteiger partial charge in [-0.2, -0.15) is 13.2 Å². The van der Waals surface area contributed by atoms with Gasteiger partial charge in [-0.15, -0.1) is 0 Å². The number of aliphatic hydroxyl groups is 1. The number of nitrogens with one attached hydrogen (secondary N) is 1. The number of hydrogen-bond acceptors (Lipinski definition) is 2. The first-order chi connectivity index (χ1) is 5.55. The lowest BCUT2D eigenvalue weighted by molar-refractivity contribution is -0.195. The third-order valence-electron chi connectivity index (χ3n) is 2.28. The predicted molar refractivity (Wildman–Crippen MR) is 37.6 cm³/mol. The summed E-state index contributed by atoms with van der Waals surface area (Å²) in [5.74, 6) is -2.00. The van der Waals surface area contributed by atoms with E-state index in [-0.39, 0.29) is 13.2 Å².